The molecule has 1 amide bonds. The molecule has 1 aromatic heterocycles. The molecule has 6 heteroatoms. The maximum Gasteiger partial charge on any atom is 0.272 e. The lowest BCUT2D eigenvalue weighted by molar-refractivity contribution is -0.122. The van der Waals surface area contributed by atoms with Gasteiger partial charge in [0.05, 0.1) is 5.69 Å². The predicted octanol–water partition coefficient (Wildman–Crippen LogP) is 4.39. The highest BCUT2D eigenvalue weighted by atomic mass is 79.9. The summed E-state index contributed by atoms with van der Waals surface area (Å²) in [6.45, 7) is 5.42. The molecule has 1 heterocycles. The van der Waals surface area contributed by atoms with Crippen LogP contribution in [0, 0.1) is 5.41 Å². The second kappa shape index (κ2) is 8.07. The van der Waals surface area contributed by atoms with Crippen molar-refractivity contribution < 1.29 is 9.59 Å². The van der Waals surface area contributed by atoms with Crippen LogP contribution in [-0.4, -0.2) is 16.7 Å². The molecule has 0 bridgehead atoms. The Labute approximate surface area is 155 Å². The normalized spacial score (nSPS) is 11.8. The first-order valence-electron chi connectivity index (χ1n) is 7.76. The number of rotatable bonds is 5. The summed E-state index contributed by atoms with van der Waals surface area (Å²) in [5.41, 5.74) is 0.879. The summed E-state index contributed by atoms with van der Waals surface area (Å²) in [6.07, 6.45) is 4.51. The Kier molecular flexibility index (Phi) is 6.09. The van der Waals surface area contributed by atoms with Gasteiger partial charge in [-0.3, -0.25) is 14.6 Å². The lowest BCUT2D eigenvalue weighted by Gasteiger charge is -2.17. The first kappa shape index (κ1) is 18.9. The van der Waals surface area contributed by atoms with Crippen LogP contribution in [0.15, 0.2) is 65.0 Å². The number of hydrogen-bond acceptors (Lipinski definition) is 4. The van der Waals surface area contributed by atoms with E-state index in [0.717, 1.165) is 4.47 Å². The third kappa shape index (κ3) is 5.53. The van der Waals surface area contributed by atoms with E-state index < -0.39 is 11.3 Å². The van der Waals surface area contributed by atoms with Gasteiger partial charge in [0.25, 0.3) is 5.91 Å². The minimum absolute atomic E-state index is 0.146. The van der Waals surface area contributed by atoms with Crippen molar-refractivity contribution in [1.29, 1.82) is 0 Å². The van der Waals surface area contributed by atoms with Crippen molar-refractivity contribution in [1.82, 2.24) is 4.98 Å². The molecule has 25 heavy (non-hydrogen) atoms. The topological polar surface area (TPSA) is 71.1 Å². The van der Waals surface area contributed by atoms with Crippen molar-refractivity contribution >= 4 is 39.0 Å². The fourth-order valence-corrected chi connectivity index (χ4v) is 2.23. The summed E-state index contributed by atoms with van der Waals surface area (Å²) in [6, 6.07) is 10.7. The quantitative estimate of drug-likeness (QED) is 0.728. The third-order valence-corrected chi connectivity index (χ3v) is 4.03. The van der Waals surface area contributed by atoms with Gasteiger partial charge in [-0.2, -0.15) is 0 Å². The van der Waals surface area contributed by atoms with Crippen molar-refractivity contribution in [2.75, 3.05) is 10.6 Å². The Bertz CT molecular complexity index is 796. The number of ketones is 1. The summed E-state index contributed by atoms with van der Waals surface area (Å²) < 4.78 is 0.792. The number of hydrogen-bond donors (Lipinski definition) is 2. The molecule has 0 saturated carbocycles. The summed E-state index contributed by atoms with van der Waals surface area (Å²) in [7, 11) is 0. The molecule has 0 radical (unpaired) electrons. The molecule has 0 saturated heterocycles. The zero-order valence-corrected chi connectivity index (χ0v) is 15.9. The molecule has 0 aliphatic rings. The van der Waals surface area contributed by atoms with Crippen LogP contribution in [0.25, 0.3) is 0 Å². The zero-order chi connectivity index (χ0) is 18.4. The van der Waals surface area contributed by atoms with Crippen LogP contribution in [0.2, 0.25) is 0 Å². The number of carbonyl (C=O) groups excluding carboxylic acids is 2. The molecule has 1 aromatic carbocycles. The van der Waals surface area contributed by atoms with Gasteiger partial charge in [0.15, 0.2) is 5.78 Å². The number of halogens is 1. The van der Waals surface area contributed by atoms with Crippen molar-refractivity contribution in [2.45, 2.75) is 20.8 Å². The molecular weight excluding hydrogens is 382 g/mol. The molecule has 0 fully saturated rings. The fraction of sp³-hybridized carbons (Fsp3) is 0.211. The third-order valence-electron chi connectivity index (χ3n) is 3.34. The largest absolute Gasteiger partial charge is 0.350 e. The SMILES string of the molecule is CC(C)(C)C(=O)C=C(Nc1ccccc1Br)C(=O)Nc1ccncc1. The van der Waals surface area contributed by atoms with Crippen LogP contribution >= 0.6 is 15.9 Å². The van der Waals surface area contributed by atoms with Crippen LogP contribution in [0.1, 0.15) is 20.8 Å². The average molecular weight is 402 g/mol. The van der Waals surface area contributed by atoms with Gasteiger partial charge < -0.3 is 10.6 Å². The number of amides is 1. The van der Waals surface area contributed by atoms with Crippen molar-refractivity contribution in [2.24, 2.45) is 5.41 Å². The molecule has 0 aliphatic heterocycles. The molecule has 0 unspecified atom stereocenters. The number of allylic oxidation sites excluding steroid dienone is 1. The molecule has 2 N–H and O–H groups in total. The smallest absolute Gasteiger partial charge is 0.272 e. The molecular formula is C19H20BrN3O2. The van der Waals surface area contributed by atoms with Crippen LogP contribution in [0.4, 0.5) is 11.4 Å². The highest BCUT2D eigenvalue weighted by molar-refractivity contribution is 9.10. The molecule has 0 atom stereocenters. The van der Waals surface area contributed by atoms with Gasteiger partial charge in [-0.15, -0.1) is 0 Å². The zero-order valence-electron chi connectivity index (χ0n) is 14.3. The Morgan fingerprint density at radius 3 is 2.28 bits per heavy atom. The highest BCUT2D eigenvalue weighted by Crippen LogP contribution is 2.24. The van der Waals surface area contributed by atoms with E-state index in [1.807, 2.05) is 45.0 Å². The second-order valence-corrected chi connectivity index (χ2v) is 7.32. The van der Waals surface area contributed by atoms with Crippen molar-refractivity contribution in [3.8, 4) is 0 Å². The van der Waals surface area contributed by atoms with Gasteiger partial charge in [0.2, 0.25) is 0 Å². The Morgan fingerprint density at radius 1 is 1.04 bits per heavy atom. The minimum atomic E-state index is -0.586. The maximum absolute atomic E-state index is 12.7. The Morgan fingerprint density at radius 2 is 1.68 bits per heavy atom. The molecule has 5 nitrogen and oxygen atoms in total. The lowest BCUT2D eigenvalue weighted by atomic mass is 9.90. The Balaban J connectivity index is 2.31. The second-order valence-electron chi connectivity index (χ2n) is 6.47. The maximum atomic E-state index is 12.7. The van der Waals surface area contributed by atoms with Gasteiger partial charge in [-0.1, -0.05) is 32.9 Å². The van der Waals surface area contributed by atoms with E-state index in [2.05, 4.69) is 31.5 Å². The molecule has 0 aliphatic carbocycles. The predicted molar refractivity (Wildman–Crippen MR) is 103 cm³/mol. The van der Waals surface area contributed by atoms with E-state index in [1.165, 1.54) is 6.08 Å². The van der Waals surface area contributed by atoms with E-state index in [1.54, 1.807) is 24.5 Å². The molecule has 130 valence electrons. The summed E-state index contributed by atoms with van der Waals surface area (Å²) in [4.78, 5) is 29.0. The number of para-hydroxylation sites is 1. The number of pyridine rings is 1. The molecule has 2 rings (SSSR count). The summed E-state index contributed by atoms with van der Waals surface area (Å²) in [5, 5.41) is 5.80. The monoisotopic (exact) mass is 401 g/mol. The van der Waals surface area contributed by atoms with Crippen LogP contribution < -0.4 is 10.6 Å². The number of aromatic nitrogens is 1. The van der Waals surface area contributed by atoms with Crippen LogP contribution in [0.3, 0.4) is 0 Å². The van der Waals surface area contributed by atoms with Gasteiger partial charge in [-0.25, -0.2) is 0 Å². The van der Waals surface area contributed by atoms with E-state index >= 15 is 0 Å². The lowest BCUT2D eigenvalue weighted by Crippen LogP contribution is -2.24. The van der Waals surface area contributed by atoms with Crippen molar-refractivity contribution in [3.63, 3.8) is 0 Å². The van der Waals surface area contributed by atoms with E-state index in [4.69, 9.17) is 0 Å². The van der Waals surface area contributed by atoms with E-state index in [-0.39, 0.29) is 11.5 Å². The Hall–Kier alpha value is -2.47. The summed E-state index contributed by atoms with van der Waals surface area (Å²) >= 11 is 3.43. The number of benzene rings is 1. The first-order valence-corrected chi connectivity index (χ1v) is 8.56. The van der Waals surface area contributed by atoms with Crippen LogP contribution in [0.5, 0.6) is 0 Å². The standard InChI is InChI=1S/C19H20BrN3O2/c1-19(2,3)17(24)12-16(23-15-7-5-4-6-14(15)20)18(25)22-13-8-10-21-11-9-13/h4-12,23H,1-3H3,(H,21,22,25). The molecule has 2 aromatic rings. The highest BCUT2D eigenvalue weighted by Gasteiger charge is 2.22. The van der Waals surface area contributed by atoms with Gasteiger partial charge >= 0.3 is 0 Å². The van der Waals surface area contributed by atoms with E-state index in [9.17, 15) is 9.59 Å². The van der Waals surface area contributed by atoms with E-state index in [0.29, 0.717) is 11.4 Å². The summed E-state index contributed by atoms with van der Waals surface area (Å²) in [5.74, 6) is -0.550. The minimum Gasteiger partial charge on any atom is -0.350 e. The average Bonchev–Trinajstić information content (AvgIpc) is 2.56. The van der Waals surface area contributed by atoms with Crippen molar-refractivity contribution in [3.05, 3.63) is 65.0 Å². The number of nitrogens with one attached hydrogen (secondary N) is 2. The number of nitrogens with zero attached hydrogens (tertiary/aromatic N) is 1. The molecule has 0 spiro atoms. The number of anilines is 2. The fourth-order valence-electron chi connectivity index (χ4n) is 1.85. The number of carbonyl (C=O) groups is 2. The van der Waals surface area contributed by atoms with Gasteiger partial charge in [-0.05, 0) is 40.2 Å². The first-order chi connectivity index (χ1) is 11.8. The van der Waals surface area contributed by atoms with Gasteiger partial charge in [0.1, 0.15) is 5.70 Å². The van der Waals surface area contributed by atoms with Crippen LogP contribution in [-0.2, 0) is 9.59 Å². The van der Waals surface area contributed by atoms with Gasteiger partial charge in [0, 0.05) is 34.0 Å².